The number of rotatable bonds is 7. The number of aryl methyl sites for hydroxylation is 1. The molecule has 0 saturated heterocycles. The molecule has 5 heteroatoms. The molecule has 0 amide bonds. The van der Waals surface area contributed by atoms with Crippen molar-refractivity contribution in [3.05, 3.63) is 23.3 Å². The fourth-order valence-electron chi connectivity index (χ4n) is 3.05. The second kappa shape index (κ2) is 8.45. The van der Waals surface area contributed by atoms with Crippen LogP contribution in [0.5, 0.6) is 11.5 Å². The predicted molar refractivity (Wildman–Crippen MR) is 88.3 cm³/mol. The number of benzene rings is 1. The molecule has 0 fully saturated rings. The number of fused-ring (bicyclic) bond motifs is 1. The van der Waals surface area contributed by atoms with Crippen LogP contribution in [0.15, 0.2) is 6.07 Å². The van der Waals surface area contributed by atoms with Crippen LogP contribution in [0.2, 0.25) is 0 Å². The molecule has 2 atom stereocenters. The van der Waals surface area contributed by atoms with Gasteiger partial charge in [0, 0.05) is 12.0 Å². The number of carbonyl (C=O) groups excluding carboxylic acids is 1. The van der Waals surface area contributed by atoms with E-state index in [1.807, 2.05) is 6.92 Å². The van der Waals surface area contributed by atoms with Crippen LogP contribution in [-0.4, -0.2) is 12.1 Å². The summed E-state index contributed by atoms with van der Waals surface area (Å²) in [6.07, 6.45) is 5.22. The van der Waals surface area contributed by atoms with Crippen molar-refractivity contribution in [2.75, 3.05) is 0 Å². The second-order valence-corrected chi connectivity index (χ2v) is 6.72. The summed E-state index contributed by atoms with van der Waals surface area (Å²) < 4.78 is 38.6. The standard InChI is InChI=1S/C19H26F2O3/c1-4-6-12(2)7-5-8-16(22)24-15-11-14-10-9-13(3)23-19(14)18(21)17(15)20/h11-13H,4-10H2,1-3H3. The van der Waals surface area contributed by atoms with Crippen molar-refractivity contribution in [3.63, 3.8) is 0 Å². The molecule has 0 aliphatic carbocycles. The Balaban J connectivity index is 1.97. The molecule has 0 radical (unpaired) electrons. The summed E-state index contributed by atoms with van der Waals surface area (Å²) in [5.41, 5.74) is 0.548. The molecule has 0 aromatic heterocycles. The third-order valence-electron chi connectivity index (χ3n) is 4.43. The van der Waals surface area contributed by atoms with E-state index in [2.05, 4.69) is 13.8 Å². The molecule has 1 aliphatic heterocycles. The van der Waals surface area contributed by atoms with Crippen LogP contribution < -0.4 is 9.47 Å². The smallest absolute Gasteiger partial charge is 0.311 e. The molecule has 0 N–H and O–H groups in total. The van der Waals surface area contributed by atoms with E-state index in [-0.39, 0.29) is 24.0 Å². The topological polar surface area (TPSA) is 35.5 Å². The summed E-state index contributed by atoms with van der Waals surface area (Å²) in [5.74, 6) is -2.59. The Hall–Kier alpha value is -1.65. The van der Waals surface area contributed by atoms with Crippen LogP contribution >= 0.6 is 0 Å². The monoisotopic (exact) mass is 340 g/mol. The number of hydrogen-bond acceptors (Lipinski definition) is 3. The number of halogens is 2. The highest BCUT2D eigenvalue weighted by molar-refractivity contribution is 5.72. The third-order valence-corrected chi connectivity index (χ3v) is 4.43. The molecule has 1 heterocycles. The van der Waals surface area contributed by atoms with Crippen molar-refractivity contribution in [1.29, 1.82) is 0 Å². The van der Waals surface area contributed by atoms with Gasteiger partial charge in [0.2, 0.25) is 11.6 Å². The maximum absolute atomic E-state index is 14.1. The molecule has 1 aromatic rings. The maximum Gasteiger partial charge on any atom is 0.311 e. The molecular weight excluding hydrogens is 314 g/mol. The van der Waals surface area contributed by atoms with Crippen LogP contribution in [0, 0.1) is 17.6 Å². The zero-order valence-electron chi connectivity index (χ0n) is 14.7. The Labute approximate surface area is 142 Å². The fraction of sp³-hybridized carbons (Fsp3) is 0.632. The Morgan fingerprint density at radius 2 is 2.12 bits per heavy atom. The van der Waals surface area contributed by atoms with Crippen LogP contribution in [0.3, 0.4) is 0 Å². The first-order valence-electron chi connectivity index (χ1n) is 8.80. The van der Waals surface area contributed by atoms with Gasteiger partial charge in [0.15, 0.2) is 11.5 Å². The third kappa shape index (κ3) is 4.68. The first kappa shape index (κ1) is 18.7. The van der Waals surface area contributed by atoms with Crippen molar-refractivity contribution >= 4 is 5.97 Å². The molecule has 1 aromatic carbocycles. The van der Waals surface area contributed by atoms with Crippen LogP contribution in [-0.2, 0) is 11.2 Å². The minimum Gasteiger partial charge on any atom is -0.487 e. The Morgan fingerprint density at radius 1 is 1.38 bits per heavy atom. The second-order valence-electron chi connectivity index (χ2n) is 6.72. The van der Waals surface area contributed by atoms with Gasteiger partial charge in [-0.25, -0.2) is 0 Å². The highest BCUT2D eigenvalue weighted by Gasteiger charge is 2.26. The minimum absolute atomic E-state index is 0.0561. The Bertz CT molecular complexity index is 586. The fourth-order valence-corrected chi connectivity index (χ4v) is 3.05. The van der Waals surface area contributed by atoms with E-state index in [0.29, 0.717) is 24.3 Å². The van der Waals surface area contributed by atoms with Crippen molar-refractivity contribution in [2.45, 2.75) is 71.8 Å². The molecule has 0 bridgehead atoms. The van der Waals surface area contributed by atoms with Gasteiger partial charge >= 0.3 is 5.97 Å². The van der Waals surface area contributed by atoms with E-state index in [1.165, 1.54) is 6.07 Å². The molecule has 134 valence electrons. The Kier molecular flexibility index (Phi) is 6.58. The number of hydrogen-bond donors (Lipinski definition) is 0. The van der Waals surface area contributed by atoms with Gasteiger partial charge in [-0.3, -0.25) is 4.79 Å². The van der Waals surface area contributed by atoms with Gasteiger partial charge in [0.05, 0.1) is 6.10 Å². The van der Waals surface area contributed by atoms with Gasteiger partial charge < -0.3 is 9.47 Å². The van der Waals surface area contributed by atoms with Gasteiger partial charge in [-0.2, -0.15) is 8.78 Å². The number of carbonyl (C=O) groups is 1. The average Bonchev–Trinajstić information content (AvgIpc) is 2.53. The summed E-state index contributed by atoms with van der Waals surface area (Å²) in [6.45, 7) is 6.09. The van der Waals surface area contributed by atoms with Gasteiger partial charge in [-0.15, -0.1) is 0 Å². The van der Waals surface area contributed by atoms with E-state index in [4.69, 9.17) is 9.47 Å². The summed E-state index contributed by atoms with van der Waals surface area (Å²) >= 11 is 0. The van der Waals surface area contributed by atoms with E-state index >= 15 is 0 Å². The first-order valence-corrected chi connectivity index (χ1v) is 8.80. The van der Waals surface area contributed by atoms with Crippen molar-refractivity contribution in [1.82, 2.24) is 0 Å². The van der Waals surface area contributed by atoms with E-state index in [1.54, 1.807) is 0 Å². The van der Waals surface area contributed by atoms with E-state index in [0.717, 1.165) is 25.7 Å². The molecule has 3 nitrogen and oxygen atoms in total. The summed E-state index contributed by atoms with van der Waals surface area (Å²) in [4.78, 5) is 11.9. The summed E-state index contributed by atoms with van der Waals surface area (Å²) in [6, 6.07) is 1.39. The molecular formula is C19H26F2O3. The predicted octanol–water partition coefficient (Wildman–Crippen LogP) is 5.19. The van der Waals surface area contributed by atoms with Crippen molar-refractivity contribution in [3.8, 4) is 11.5 Å². The van der Waals surface area contributed by atoms with Gasteiger partial charge in [-0.1, -0.05) is 33.1 Å². The van der Waals surface area contributed by atoms with Crippen molar-refractivity contribution < 1.29 is 23.0 Å². The molecule has 24 heavy (non-hydrogen) atoms. The molecule has 2 unspecified atom stereocenters. The first-order chi connectivity index (χ1) is 11.4. The van der Waals surface area contributed by atoms with Gasteiger partial charge in [0.1, 0.15) is 0 Å². The molecule has 2 rings (SSSR count). The quantitative estimate of drug-likeness (QED) is 0.506. The highest BCUT2D eigenvalue weighted by Crippen LogP contribution is 2.36. The van der Waals surface area contributed by atoms with Crippen molar-refractivity contribution in [2.24, 2.45) is 5.92 Å². The zero-order chi connectivity index (χ0) is 17.7. The lowest BCUT2D eigenvalue weighted by Crippen LogP contribution is -2.21. The van der Waals surface area contributed by atoms with Crippen LogP contribution in [0.25, 0.3) is 0 Å². The highest BCUT2D eigenvalue weighted by atomic mass is 19.2. The maximum atomic E-state index is 14.1. The average molecular weight is 340 g/mol. The summed E-state index contributed by atoms with van der Waals surface area (Å²) in [7, 11) is 0. The lowest BCUT2D eigenvalue weighted by atomic mass is 9.99. The zero-order valence-corrected chi connectivity index (χ0v) is 14.7. The lowest BCUT2D eigenvalue weighted by Gasteiger charge is -2.24. The minimum atomic E-state index is -1.16. The van der Waals surface area contributed by atoms with Crippen LogP contribution in [0.1, 0.15) is 64.9 Å². The normalized spacial score (nSPS) is 17.8. The number of ether oxygens (including phenoxy) is 2. The SMILES string of the molecule is CCCC(C)CCCC(=O)Oc1cc2c(c(F)c1F)OC(C)CC2. The van der Waals surface area contributed by atoms with E-state index in [9.17, 15) is 13.6 Å². The molecule has 1 aliphatic rings. The van der Waals surface area contributed by atoms with Crippen LogP contribution in [0.4, 0.5) is 8.78 Å². The molecule has 0 saturated carbocycles. The number of esters is 1. The summed E-state index contributed by atoms with van der Waals surface area (Å²) in [5, 5.41) is 0. The Morgan fingerprint density at radius 3 is 2.83 bits per heavy atom. The largest absolute Gasteiger partial charge is 0.487 e. The molecule has 0 spiro atoms. The van der Waals surface area contributed by atoms with Gasteiger partial charge in [-0.05, 0) is 38.2 Å². The lowest BCUT2D eigenvalue weighted by molar-refractivity contribution is -0.134. The van der Waals surface area contributed by atoms with E-state index < -0.39 is 17.6 Å². The van der Waals surface area contributed by atoms with Gasteiger partial charge in [0.25, 0.3) is 0 Å².